The van der Waals surface area contributed by atoms with E-state index in [1.807, 2.05) is 11.3 Å². The van der Waals surface area contributed by atoms with E-state index in [4.69, 9.17) is 15.0 Å². The van der Waals surface area contributed by atoms with Crippen molar-refractivity contribution in [1.82, 2.24) is 15.0 Å². The normalized spacial score (nSPS) is 11.7. The number of hydrogen-bond acceptors (Lipinski definition) is 4. The van der Waals surface area contributed by atoms with E-state index in [-0.39, 0.29) is 0 Å². The van der Waals surface area contributed by atoms with Crippen LogP contribution in [-0.2, 0) is 0 Å². The average molecular weight is 768 g/mol. The van der Waals surface area contributed by atoms with Gasteiger partial charge in [0.05, 0.1) is 22.6 Å². The number of thiophene rings is 1. The van der Waals surface area contributed by atoms with E-state index >= 15 is 0 Å². The lowest BCUT2D eigenvalue weighted by Gasteiger charge is -2.13. The Hall–Kier alpha value is -7.53. The second-order valence-electron chi connectivity index (χ2n) is 15.1. The largest absolute Gasteiger partial charge is 0.247 e. The molecule has 0 saturated heterocycles. The van der Waals surface area contributed by atoms with Crippen molar-refractivity contribution in [3.8, 4) is 56.3 Å². The molecule has 3 aromatic heterocycles. The van der Waals surface area contributed by atoms with Crippen LogP contribution in [0.4, 0.5) is 0 Å². The van der Waals surface area contributed by atoms with Crippen molar-refractivity contribution in [3.05, 3.63) is 200 Å². The van der Waals surface area contributed by atoms with Crippen molar-refractivity contribution < 1.29 is 0 Å². The maximum absolute atomic E-state index is 5.27. The Balaban J connectivity index is 0.940. The molecule has 0 aliphatic heterocycles. The minimum atomic E-state index is 0.713. The van der Waals surface area contributed by atoms with Crippen LogP contribution in [0.15, 0.2) is 200 Å². The molecule has 0 aliphatic rings. The summed E-state index contributed by atoms with van der Waals surface area (Å²) < 4.78 is 2.63. The van der Waals surface area contributed by atoms with Gasteiger partial charge in [-0.25, -0.2) is 15.0 Å². The third kappa shape index (κ3) is 5.60. The summed E-state index contributed by atoms with van der Waals surface area (Å²) in [6.07, 6.45) is 0. The summed E-state index contributed by atoms with van der Waals surface area (Å²) in [5.41, 5.74) is 10.3. The maximum Gasteiger partial charge on any atom is 0.161 e. The maximum atomic E-state index is 5.27. The van der Waals surface area contributed by atoms with Gasteiger partial charge in [0, 0.05) is 58.6 Å². The highest BCUT2D eigenvalue weighted by Gasteiger charge is 2.17. The number of pyridine rings is 1. The second-order valence-corrected chi connectivity index (χ2v) is 16.2. The lowest BCUT2D eigenvalue weighted by molar-refractivity contribution is 1.19. The number of hydrogen-bond donors (Lipinski definition) is 0. The van der Waals surface area contributed by atoms with Gasteiger partial charge >= 0.3 is 0 Å². The van der Waals surface area contributed by atoms with Crippen LogP contribution < -0.4 is 0 Å². The van der Waals surface area contributed by atoms with Gasteiger partial charge in [0.25, 0.3) is 0 Å². The first-order chi connectivity index (χ1) is 29.2. The fourth-order valence-corrected chi connectivity index (χ4v) is 10.1. The van der Waals surface area contributed by atoms with Crippen molar-refractivity contribution >= 4 is 74.7 Å². The van der Waals surface area contributed by atoms with Gasteiger partial charge in [-0.2, -0.15) is 0 Å². The molecule has 0 N–H and O–H groups in total. The quantitative estimate of drug-likeness (QED) is 0.164. The SMILES string of the molecule is c1ccc2c(-c3cc(-c4ccc(-c5ccc(-c6nc7ccccc7c7c6ccc6c8ccccc8sc67)cc5)cc4)nc(-c4cccc5ccccc45)n3)cccc2c1. The van der Waals surface area contributed by atoms with Gasteiger partial charge in [0.2, 0.25) is 0 Å². The molecule has 3 nitrogen and oxygen atoms in total. The molecular formula is C55H33N3S. The van der Waals surface area contributed by atoms with Crippen molar-refractivity contribution in [2.24, 2.45) is 0 Å². The summed E-state index contributed by atoms with van der Waals surface area (Å²) in [4.78, 5) is 15.7. The zero-order chi connectivity index (χ0) is 38.9. The standard InChI is InChI=1S/C55H33N3S/c1-3-15-40-36(11-1)13-9-19-42(40)50-33-49(57-55(58-50)45-20-10-14-37-12-2-4-16-41(37)45)38-27-23-34(24-28-38)35-25-29-39(30-26-35)53-47-32-31-44-43-17-6-8-22-51(43)59-54(44)52(47)46-18-5-7-21-48(46)56-53/h1-33H. The van der Waals surface area contributed by atoms with Crippen LogP contribution in [0.1, 0.15) is 0 Å². The number of nitrogens with zero attached hydrogens (tertiary/aromatic N) is 3. The van der Waals surface area contributed by atoms with E-state index in [2.05, 4.69) is 200 Å². The van der Waals surface area contributed by atoms with Gasteiger partial charge in [-0.3, -0.25) is 0 Å². The van der Waals surface area contributed by atoms with Gasteiger partial charge in [0.15, 0.2) is 5.82 Å². The van der Waals surface area contributed by atoms with Gasteiger partial charge in [0.1, 0.15) is 0 Å². The molecule has 59 heavy (non-hydrogen) atoms. The second kappa shape index (κ2) is 13.6. The highest BCUT2D eigenvalue weighted by molar-refractivity contribution is 7.26. The number of aromatic nitrogens is 3. The molecule has 0 radical (unpaired) electrons. The predicted octanol–water partition coefficient (Wildman–Crippen LogP) is 15.2. The highest BCUT2D eigenvalue weighted by atomic mass is 32.1. The third-order valence-corrected chi connectivity index (χ3v) is 12.9. The van der Waals surface area contributed by atoms with Crippen LogP contribution >= 0.6 is 11.3 Å². The fourth-order valence-electron chi connectivity index (χ4n) is 8.81. The molecule has 0 amide bonds. The Bertz CT molecular complexity index is 3500. The first-order valence-electron chi connectivity index (χ1n) is 19.9. The van der Waals surface area contributed by atoms with E-state index < -0.39 is 0 Å². The van der Waals surface area contributed by atoms with Crippen LogP contribution in [-0.4, -0.2) is 15.0 Å². The Morgan fingerprint density at radius 2 is 0.881 bits per heavy atom. The van der Waals surface area contributed by atoms with Crippen molar-refractivity contribution in [3.63, 3.8) is 0 Å². The van der Waals surface area contributed by atoms with Crippen LogP contribution in [0.5, 0.6) is 0 Å². The summed E-state index contributed by atoms with van der Waals surface area (Å²) >= 11 is 1.87. The zero-order valence-corrected chi connectivity index (χ0v) is 32.6. The number of benzene rings is 9. The summed E-state index contributed by atoms with van der Waals surface area (Å²) in [7, 11) is 0. The molecule has 12 rings (SSSR count). The van der Waals surface area contributed by atoms with Crippen molar-refractivity contribution in [2.75, 3.05) is 0 Å². The molecule has 0 atom stereocenters. The summed E-state index contributed by atoms with van der Waals surface area (Å²) in [6, 6.07) is 71.3. The lowest BCUT2D eigenvalue weighted by atomic mass is 9.96. The monoisotopic (exact) mass is 767 g/mol. The molecule has 274 valence electrons. The zero-order valence-electron chi connectivity index (χ0n) is 31.8. The van der Waals surface area contributed by atoms with Gasteiger partial charge in [-0.1, -0.05) is 182 Å². The van der Waals surface area contributed by atoms with Gasteiger partial charge < -0.3 is 0 Å². The van der Waals surface area contributed by atoms with E-state index in [1.165, 1.54) is 52.5 Å². The molecule has 9 aromatic carbocycles. The summed E-state index contributed by atoms with van der Waals surface area (Å²) in [6.45, 7) is 0. The van der Waals surface area contributed by atoms with E-state index in [0.717, 1.165) is 61.4 Å². The number of fused-ring (bicyclic) bond motifs is 9. The molecule has 0 spiro atoms. The molecule has 4 heteroatoms. The van der Waals surface area contributed by atoms with E-state index in [0.29, 0.717) is 5.82 Å². The Kier molecular flexibility index (Phi) is 7.72. The predicted molar refractivity (Wildman–Crippen MR) is 250 cm³/mol. The Morgan fingerprint density at radius 1 is 0.339 bits per heavy atom. The number of rotatable bonds is 5. The first-order valence-corrected chi connectivity index (χ1v) is 20.7. The molecule has 12 aromatic rings. The van der Waals surface area contributed by atoms with Crippen molar-refractivity contribution in [1.29, 1.82) is 0 Å². The topological polar surface area (TPSA) is 38.7 Å². The summed E-state index contributed by atoms with van der Waals surface area (Å²) in [5.74, 6) is 0.713. The molecule has 0 aliphatic carbocycles. The van der Waals surface area contributed by atoms with E-state index in [1.54, 1.807) is 0 Å². The van der Waals surface area contributed by atoms with Crippen LogP contribution in [0.2, 0.25) is 0 Å². The Labute approximate surface area is 344 Å². The van der Waals surface area contributed by atoms with Crippen LogP contribution in [0, 0.1) is 0 Å². The van der Waals surface area contributed by atoms with Gasteiger partial charge in [-0.15, -0.1) is 11.3 Å². The molecule has 0 fully saturated rings. The minimum Gasteiger partial charge on any atom is -0.247 e. The first kappa shape index (κ1) is 33.6. The lowest BCUT2D eigenvalue weighted by Crippen LogP contribution is -1.97. The molecule has 0 saturated carbocycles. The van der Waals surface area contributed by atoms with Gasteiger partial charge in [-0.05, 0) is 50.9 Å². The minimum absolute atomic E-state index is 0.713. The molecule has 0 unspecified atom stereocenters. The smallest absolute Gasteiger partial charge is 0.161 e. The fraction of sp³-hybridized carbons (Fsp3) is 0. The van der Waals surface area contributed by atoms with Crippen LogP contribution in [0.25, 0.3) is 120 Å². The molecular weight excluding hydrogens is 735 g/mol. The number of para-hydroxylation sites is 1. The highest BCUT2D eigenvalue weighted by Crippen LogP contribution is 2.43. The van der Waals surface area contributed by atoms with Crippen LogP contribution in [0.3, 0.4) is 0 Å². The Morgan fingerprint density at radius 3 is 1.63 bits per heavy atom. The third-order valence-electron chi connectivity index (χ3n) is 11.7. The van der Waals surface area contributed by atoms with Crippen molar-refractivity contribution in [2.45, 2.75) is 0 Å². The van der Waals surface area contributed by atoms with E-state index in [9.17, 15) is 0 Å². The summed E-state index contributed by atoms with van der Waals surface area (Å²) in [5, 5.41) is 10.9. The molecule has 3 heterocycles. The average Bonchev–Trinajstić information content (AvgIpc) is 3.70. The molecule has 0 bridgehead atoms.